The Morgan fingerprint density at radius 2 is 1.85 bits per heavy atom. The molecule has 2 atom stereocenters. The highest BCUT2D eigenvalue weighted by atomic mass is 16.6. The summed E-state index contributed by atoms with van der Waals surface area (Å²) < 4.78 is 12.9. The third-order valence-electron chi connectivity index (χ3n) is 7.12. The number of Topliss-reactive ketones (excluding diaryl/α,β-unsaturated/α-hetero) is 1. The van der Waals surface area contributed by atoms with Crippen molar-refractivity contribution in [3.05, 3.63) is 59.3 Å². The van der Waals surface area contributed by atoms with Gasteiger partial charge in [-0.15, -0.1) is 0 Å². The minimum atomic E-state index is -0.420. The molecule has 1 unspecified atom stereocenters. The lowest BCUT2D eigenvalue weighted by Crippen LogP contribution is -2.39. The number of methoxy groups -OCH3 is 1. The number of aliphatic imine (C=N–C) groups is 1. The molecular weight excluding hydrogens is 428 g/mol. The Balaban J connectivity index is 1.68. The lowest BCUT2D eigenvalue weighted by molar-refractivity contribution is -0.140. The number of aryl methyl sites for hydroxylation is 1. The largest absolute Gasteiger partial charge is 0.460 e. The summed E-state index contributed by atoms with van der Waals surface area (Å²) in [5.41, 5.74) is 5.31. The van der Waals surface area contributed by atoms with Crippen LogP contribution in [0.3, 0.4) is 0 Å². The maximum atomic E-state index is 13.3. The molecule has 1 aliphatic carbocycles. The van der Waals surface area contributed by atoms with Crippen molar-refractivity contribution in [1.82, 2.24) is 4.57 Å². The maximum Gasteiger partial charge on any atom is 0.336 e. The number of hydrogen-bond donors (Lipinski definition) is 0. The number of rotatable bonds is 6. The summed E-state index contributed by atoms with van der Waals surface area (Å²) in [7, 11) is 1.57. The van der Waals surface area contributed by atoms with E-state index in [9.17, 15) is 9.59 Å². The van der Waals surface area contributed by atoms with Gasteiger partial charge in [0.2, 0.25) is 0 Å². The number of fused-ring (bicyclic) bond motifs is 4. The fraction of sp³-hybridized carbons (Fsp3) is 0.393. The summed E-state index contributed by atoms with van der Waals surface area (Å²) in [5.74, 6) is -1.08. The van der Waals surface area contributed by atoms with Gasteiger partial charge in [0, 0.05) is 59.2 Å². The Hall–Kier alpha value is -3.25. The van der Waals surface area contributed by atoms with E-state index in [0.717, 1.165) is 41.6 Å². The normalized spacial score (nSPS) is 20.6. The SMILES string of the molecule is CCn1c2ccccc2c2cc([C@H]3C(C(=O)OCCOC)=C(C)N=C4CCCC(=O)C43)ccc21. The topological polar surface area (TPSA) is 69.9 Å². The number of allylic oxidation sites excluding steroid dienone is 1. The molecule has 0 amide bonds. The van der Waals surface area contributed by atoms with E-state index in [2.05, 4.69) is 47.9 Å². The summed E-state index contributed by atoms with van der Waals surface area (Å²) in [6.07, 6.45) is 2.11. The molecule has 6 heteroatoms. The molecule has 2 aliphatic rings. The molecule has 2 heterocycles. The van der Waals surface area contributed by atoms with Crippen molar-refractivity contribution in [2.75, 3.05) is 20.3 Å². The van der Waals surface area contributed by atoms with Crippen LogP contribution in [0.4, 0.5) is 0 Å². The molecule has 1 fully saturated rings. The second kappa shape index (κ2) is 9.18. The Morgan fingerprint density at radius 1 is 1.06 bits per heavy atom. The molecule has 0 radical (unpaired) electrons. The fourth-order valence-electron chi connectivity index (χ4n) is 5.65. The second-order valence-electron chi connectivity index (χ2n) is 9.04. The summed E-state index contributed by atoms with van der Waals surface area (Å²) >= 11 is 0. The molecule has 0 saturated heterocycles. The van der Waals surface area contributed by atoms with E-state index < -0.39 is 17.8 Å². The average molecular weight is 459 g/mol. The van der Waals surface area contributed by atoms with Crippen LogP contribution in [0.1, 0.15) is 44.6 Å². The molecule has 1 saturated carbocycles. The van der Waals surface area contributed by atoms with Crippen LogP contribution < -0.4 is 0 Å². The van der Waals surface area contributed by atoms with Crippen molar-refractivity contribution in [2.24, 2.45) is 10.9 Å². The van der Waals surface area contributed by atoms with E-state index in [4.69, 9.17) is 14.5 Å². The van der Waals surface area contributed by atoms with Crippen molar-refractivity contribution in [1.29, 1.82) is 0 Å². The molecule has 34 heavy (non-hydrogen) atoms. The van der Waals surface area contributed by atoms with Crippen molar-refractivity contribution in [3.8, 4) is 0 Å². The van der Waals surface area contributed by atoms with Gasteiger partial charge in [-0.25, -0.2) is 4.79 Å². The van der Waals surface area contributed by atoms with Gasteiger partial charge < -0.3 is 14.0 Å². The predicted octanol–water partition coefficient (Wildman–Crippen LogP) is 5.19. The Bertz CT molecular complexity index is 1350. The van der Waals surface area contributed by atoms with E-state index in [-0.39, 0.29) is 12.4 Å². The van der Waals surface area contributed by atoms with Gasteiger partial charge in [-0.3, -0.25) is 9.79 Å². The molecule has 6 nitrogen and oxygen atoms in total. The van der Waals surface area contributed by atoms with Gasteiger partial charge in [0.15, 0.2) is 0 Å². The highest BCUT2D eigenvalue weighted by molar-refractivity contribution is 6.12. The standard InChI is InChI=1S/C28H30N2O4/c1-4-30-22-10-6-5-8-19(22)20-16-18(12-13-23(20)30)26-25(28(32)34-15-14-33-3)17(2)29-21-9-7-11-24(31)27(21)26/h5-6,8,10,12-13,16,26-27H,4,7,9,11,14-15H2,1-3H3/t26-,27?/m0/s1. The van der Waals surface area contributed by atoms with Crippen molar-refractivity contribution in [2.45, 2.75) is 45.6 Å². The monoisotopic (exact) mass is 458 g/mol. The molecule has 3 aromatic rings. The van der Waals surface area contributed by atoms with Crippen molar-refractivity contribution in [3.63, 3.8) is 0 Å². The van der Waals surface area contributed by atoms with Gasteiger partial charge >= 0.3 is 5.97 Å². The Morgan fingerprint density at radius 3 is 2.65 bits per heavy atom. The zero-order chi connectivity index (χ0) is 23.8. The van der Waals surface area contributed by atoms with Crippen LogP contribution in [-0.2, 0) is 25.6 Å². The van der Waals surface area contributed by atoms with E-state index in [0.29, 0.717) is 24.3 Å². The average Bonchev–Trinajstić information content (AvgIpc) is 3.16. The van der Waals surface area contributed by atoms with Gasteiger partial charge in [0.05, 0.1) is 18.1 Å². The minimum Gasteiger partial charge on any atom is -0.460 e. The zero-order valence-corrected chi connectivity index (χ0v) is 20.0. The van der Waals surface area contributed by atoms with Gasteiger partial charge in [-0.05, 0) is 50.5 Å². The van der Waals surface area contributed by atoms with Crippen molar-refractivity contribution >= 4 is 39.3 Å². The maximum absolute atomic E-state index is 13.3. The number of carbonyl (C=O) groups excluding carboxylic acids is 2. The highest BCUT2D eigenvalue weighted by Crippen LogP contribution is 2.44. The summed E-state index contributed by atoms with van der Waals surface area (Å²) in [6, 6.07) is 14.7. The van der Waals surface area contributed by atoms with Crippen LogP contribution in [0.25, 0.3) is 21.8 Å². The first-order chi connectivity index (χ1) is 16.5. The predicted molar refractivity (Wildman–Crippen MR) is 133 cm³/mol. The number of nitrogens with zero attached hydrogens (tertiary/aromatic N) is 2. The van der Waals surface area contributed by atoms with Crippen LogP contribution in [-0.4, -0.2) is 42.4 Å². The summed E-state index contributed by atoms with van der Waals surface area (Å²) in [4.78, 5) is 31.2. The summed E-state index contributed by atoms with van der Waals surface area (Å²) in [5, 5.41) is 2.30. The zero-order valence-electron chi connectivity index (χ0n) is 20.0. The summed E-state index contributed by atoms with van der Waals surface area (Å²) in [6.45, 7) is 5.34. The van der Waals surface area contributed by atoms with Gasteiger partial charge in [0.25, 0.3) is 0 Å². The molecule has 5 rings (SSSR count). The van der Waals surface area contributed by atoms with Crippen molar-refractivity contribution < 1.29 is 19.1 Å². The Kier molecular flexibility index (Phi) is 6.09. The van der Waals surface area contributed by atoms with Crippen LogP contribution in [0.2, 0.25) is 0 Å². The molecule has 176 valence electrons. The smallest absolute Gasteiger partial charge is 0.336 e. The quantitative estimate of drug-likeness (QED) is 0.377. The molecule has 1 aliphatic heterocycles. The van der Waals surface area contributed by atoms with Crippen LogP contribution in [0.5, 0.6) is 0 Å². The van der Waals surface area contributed by atoms with Gasteiger partial charge in [0.1, 0.15) is 12.4 Å². The number of benzene rings is 2. The molecule has 1 aromatic heterocycles. The number of para-hydroxylation sites is 1. The lowest BCUT2D eigenvalue weighted by atomic mass is 9.69. The minimum absolute atomic E-state index is 0.153. The van der Waals surface area contributed by atoms with E-state index in [1.807, 2.05) is 13.0 Å². The molecule has 0 N–H and O–H groups in total. The number of esters is 1. The molecule has 2 aromatic carbocycles. The first-order valence-electron chi connectivity index (χ1n) is 12.0. The van der Waals surface area contributed by atoms with Crippen LogP contribution >= 0.6 is 0 Å². The first kappa shape index (κ1) is 22.5. The highest BCUT2D eigenvalue weighted by Gasteiger charge is 2.43. The molecule has 0 spiro atoms. The number of aromatic nitrogens is 1. The number of ketones is 1. The second-order valence-corrected chi connectivity index (χ2v) is 9.04. The van der Waals surface area contributed by atoms with E-state index >= 15 is 0 Å². The van der Waals surface area contributed by atoms with E-state index in [1.165, 1.54) is 10.9 Å². The third kappa shape index (κ3) is 3.66. The van der Waals surface area contributed by atoms with Gasteiger partial charge in [-0.2, -0.15) is 0 Å². The third-order valence-corrected chi connectivity index (χ3v) is 7.12. The lowest BCUT2D eigenvalue weighted by Gasteiger charge is -2.35. The Labute approximate surface area is 199 Å². The first-order valence-corrected chi connectivity index (χ1v) is 12.0. The molecule has 0 bridgehead atoms. The number of hydrogen-bond acceptors (Lipinski definition) is 5. The van der Waals surface area contributed by atoms with Gasteiger partial charge in [-0.1, -0.05) is 24.3 Å². The molecular formula is C28H30N2O4. The van der Waals surface area contributed by atoms with Crippen LogP contribution in [0.15, 0.2) is 58.7 Å². The van der Waals surface area contributed by atoms with E-state index in [1.54, 1.807) is 7.11 Å². The number of ether oxygens (including phenoxy) is 2. The number of carbonyl (C=O) groups is 2. The van der Waals surface area contributed by atoms with Crippen LogP contribution in [0, 0.1) is 5.92 Å². The fourth-order valence-corrected chi connectivity index (χ4v) is 5.65.